The molecular formula is C23H31FN4O. The van der Waals surface area contributed by atoms with Crippen molar-refractivity contribution in [2.45, 2.75) is 62.9 Å². The highest BCUT2D eigenvalue weighted by molar-refractivity contribution is 5.76. The van der Waals surface area contributed by atoms with E-state index in [1.165, 1.54) is 18.9 Å². The molecule has 0 bridgehead atoms. The molecule has 1 N–H and O–H groups in total. The van der Waals surface area contributed by atoms with Gasteiger partial charge in [-0.25, -0.2) is 9.37 Å². The number of carbonyl (C=O) groups excluding carboxylic acids is 1. The van der Waals surface area contributed by atoms with Gasteiger partial charge in [0.25, 0.3) is 0 Å². The minimum atomic E-state index is -0.133. The van der Waals surface area contributed by atoms with Gasteiger partial charge in [0.1, 0.15) is 5.82 Å². The van der Waals surface area contributed by atoms with Gasteiger partial charge in [-0.15, -0.1) is 0 Å². The molecule has 1 aliphatic carbocycles. The fourth-order valence-corrected chi connectivity index (χ4v) is 5.02. The number of likely N-dealkylation sites (tertiary alicyclic amines) is 1. The number of nitrogens with zero attached hydrogens (tertiary/aromatic N) is 3. The molecule has 1 saturated heterocycles. The van der Waals surface area contributed by atoms with Crippen LogP contribution in [-0.4, -0.2) is 46.0 Å². The summed E-state index contributed by atoms with van der Waals surface area (Å²) in [7, 11) is 0. The third-order valence-electron chi connectivity index (χ3n) is 6.63. The standard InChI is InChI=1S/C23H31FN4O/c24-20-5-3-4-19(16-20)23(9-1-2-10-23)17-27-12-6-21(7-13-27)26-22(29)8-14-28-15-11-25-18-28/h3-5,11,15-16,18,21H,1-2,6-10,12-14,17H2,(H,26,29). The first-order chi connectivity index (χ1) is 14.1. The molecule has 1 amide bonds. The number of halogens is 1. The van der Waals surface area contributed by atoms with Crippen LogP contribution in [0.3, 0.4) is 0 Å². The summed E-state index contributed by atoms with van der Waals surface area (Å²) in [5.74, 6) is -0.0185. The molecule has 6 heteroatoms. The van der Waals surface area contributed by atoms with E-state index in [9.17, 15) is 9.18 Å². The SMILES string of the molecule is O=C(CCn1ccnc1)NC1CCN(CC2(c3cccc(F)c3)CCCC2)CC1. The van der Waals surface area contributed by atoms with Gasteiger partial charge < -0.3 is 14.8 Å². The minimum Gasteiger partial charge on any atom is -0.353 e. The van der Waals surface area contributed by atoms with Crippen LogP contribution in [0.25, 0.3) is 0 Å². The number of carbonyl (C=O) groups is 1. The lowest BCUT2D eigenvalue weighted by Gasteiger charge is -2.39. The van der Waals surface area contributed by atoms with E-state index in [0.717, 1.165) is 50.9 Å². The average molecular weight is 399 g/mol. The van der Waals surface area contributed by atoms with Crippen molar-refractivity contribution in [3.8, 4) is 0 Å². The molecule has 4 rings (SSSR count). The molecule has 2 aliphatic rings. The van der Waals surface area contributed by atoms with Crippen LogP contribution in [0.2, 0.25) is 0 Å². The largest absolute Gasteiger partial charge is 0.353 e. The Kier molecular flexibility index (Phi) is 6.28. The van der Waals surface area contributed by atoms with Crippen molar-refractivity contribution in [3.63, 3.8) is 0 Å². The summed E-state index contributed by atoms with van der Waals surface area (Å²) >= 11 is 0. The third kappa shape index (κ3) is 5.04. The second-order valence-electron chi connectivity index (χ2n) is 8.67. The van der Waals surface area contributed by atoms with Gasteiger partial charge in [-0.1, -0.05) is 25.0 Å². The lowest BCUT2D eigenvalue weighted by atomic mass is 9.78. The van der Waals surface area contributed by atoms with E-state index in [2.05, 4.69) is 21.3 Å². The van der Waals surface area contributed by atoms with Crippen LogP contribution in [0.15, 0.2) is 43.0 Å². The summed E-state index contributed by atoms with van der Waals surface area (Å²) in [6.07, 6.45) is 12.5. The fourth-order valence-electron chi connectivity index (χ4n) is 5.02. The topological polar surface area (TPSA) is 50.2 Å². The van der Waals surface area contributed by atoms with E-state index in [1.807, 2.05) is 16.8 Å². The number of amides is 1. The van der Waals surface area contributed by atoms with E-state index in [-0.39, 0.29) is 23.2 Å². The molecule has 2 aromatic rings. The van der Waals surface area contributed by atoms with E-state index in [1.54, 1.807) is 18.6 Å². The number of piperidine rings is 1. The molecule has 0 spiro atoms. The van der Waals surface area contributed by atoms with E-state index in [0.29, 0.717) is 13.0 Å². The molecule has 1 aliphatic heterocycles. The summed E-state index contributed by atoms with van der Waals surface area (Å²) in [6.45, 7) is 3.64. The van der Waals surface area contributed by atoms with Crippen LogP contribution in [0.5, 0.6) is 0 Å². The molecule has 2 heterocycles. The highest BCUT2D eigenvalue weighted by atomic mass is 19.1. The Labute approximate surface area is 172 Å². The summed E-state index contributed by atoms with van der Waals surface area (Å²) in [4.78, 5) is 18.8. The Morgan fingerprint density at radius 3 is 2.72 bits per heavy atom. The van der Waals surface area contributed by atoms with Crippen molar-refractivity contribution in [2.75, 3.05) is 19.6 Å². The molecule has 0 unspecified atom stereocenters. The number of rotatable bonds is 7. The maximum atomic E-state index is 13.8. The molecule has 2 fully saturated rings. The molecule has 0 atom stereocenters. The van der Waals surface area contributed by atoms with Gasteiger partial charge in [-0.2, -0.15) is 0 Å². The molecule has 1 saturated carbocycles. The lowest BCUT2D eigenvalue weighted by Crippen LogP contribution is -2.48. The van der Waals surface area contributed by atoms with Crippen molar-refractivity contribution in [3.05, 3.63) is 54.4 Å². The van der Waals surface area contributed by atoms with Crippen LogP contribution in [-0.2, 0) is 16.8 Å². The zero-order valence-corrected chi connectivity index (χ0v) is 17.0. The van der Waals surface area contributed by atoms with Crippen LogP contribution >= 0.6 is 0 Å². The third-order valence-corrected chi connectivity index (χ3v) is 6.63. The molecule has 1 aromatic carbocycles. The summed E-state index contributed by atoms with van der Waals surface area (Å²) < 4.78 is 15.8. The van der Waals surface area contributed by atoms with Gasteiger partial charge in [0, 0.05) is 56.5 Å². The zero-order valence-electron chi connectivity index (χ0n) is 17.0. The van der Waals surface area contributed by atoms with Gasteiger partial charge in [0.15, 0.2) is 0 Å². The highest BCUT2D eigenvalue weighted by Crippen LogP contribution is 2.42. The quantitative estimate of drug-likeness (QED) is 0.777. The Hall–Kier alpha value is -2.21. The predicted molar refractivity (Wildman–Crippen MR) is 111 cm³/mol. The lowest BCUT2D eigenvalue weighted by molar-refractivity contribution is -0.122. The summed E-state index contributed by atoms with van der Waals surface area (Å²) in [5, 5.41) is 3.20. The van der Waals surface area contributed by atoms with Crippen molar-refractivity contribution < 1.29 is 9.18 Å². The van der Waals surface area contributed by atoms with Gasteiger partial charge in [-0.3, -0.25) is 4.79 Å². The first-order valence-electron chi connectivity index (χ1n) is 10.9. The highest BCUT2D eigenvalue weighted by Gasteiger charge is 2.38. The second-order valence-corrected chi connectivity index (χ2v) is 8.67. The Morgan fingerprint density at radius 2 is 2.03 bits per heavy atom. The van der Waals surface area contributed by atoms with Crippen LogP contribution in [0.4, 0.5) is 4.39 Å². The first kappa shape index (κ1) is 20.1. The summed E-state index contributed by atoms with van der Waals surface area (Å²) in [6, 6.07) is 7.47. The Morgan fingerprint density at radius 1 is 1.24 bits per heavy atom. The van der Waals surface area contributed by atoms with Crippen LogP contribution in [0.1, 0.15) is 50.5 Å². The second kappa shape index (κ2) is 9.08. The number of nitrogens with one attached hydrogen (secondary N) is 1. The van der Waals surface area contributed by atoms with E-state index < -0.39 is 0 Å². The number of aryl methyl sites for hydroxylation is 1. The maximum Gasteiger partial charge on any atom is 0.222 e. The van der Waals surface area contributed by atoms with Crippen molar-refractivity contribution >= 4 is 5.91 Å². The Balaban J connectivity index is 1.27. The van der Waals surface area contributed by atoms with Crippen LogP contribution < -0.4 is 5.32 Å². The minimum absolute atomic E-state index is 0.0863. The van der Waals surface area contributed by atoms with Crippen molar-refractivity contribution in [1.29, 1.82) is 0 Å². The zero-order chi connectivity index (χ0) is 20.1. The van der Waals surface area contributed by atoms with Crippen molar-refractivity contribution in [1.82, 2.24) is 19.8 Å². The van der Waals surface area contributed by atoms with Gasteiger partial charge in [0.05, 0.1) is 6.33 Å². The number of aromatic nitrogens is 2. The summed E-state index contributed by atoms with van der Waals surface area (Å²) in [5.41, 5.74) is 1.24. The predicted octanol–water partition coefficient (Wildman–Crippen LogP) is 3.50. The first-order valence-corrected chi connectivity index (χ1v) is 10.9. The Bertz CT molecular complexity index is 793. The van der Waals surface area contributed by atoms with Gasteiger partial charge in [0.2, 0.25) is 5.91 Å². The number of benzene rings is 1. The van der Waals surface area contributed by atoms with Gasteiger partial charge in [-0.05, 0) is 43.4 Å². The monoisotopic (exact) mass is 398 g/mol. The van der Waals surface area contributed by atoms with Crippen molar-refractivity contribution in [2.24, 2.45) is 0 Å². The molecule has 5 nitrogen and oxygen atoms in total. The average Bonchev–Trinajstić information content (AvgIpc) is 3.41. The van der Waals surface area contributed by atoms with Crippen LogP contribution in [0, 0.1) is 5.82 Å². The molecule has 29 heavy (non-hydrogen) atoms. The fraction of sp³-hybridized carbons (Fsp3) is 0.565. The number of hydrogen-bond acceptors (Lipinski definition) is 3. The molecule has 156 valence electrons. The molecular weight excluding hydrogens is 367 g/mol. The maximum absolute atomic E-state index is 13.8. The number of hydrogen-bond donors (Lipinski definition) is 1. The van der Waals surface area contributed by atoms with E-state index >= 15 is 0 Å². The van der Waals surface area contributed by atoms with E-state index in [4.69, 9.17) is 0 Å². The normalized spacial score (nSPS) is 20.0. The van der Waals surface area contributed by atoms with Gasteiger partial charge >= 0.3 is 0 Å². The smallest absolute Gasteiger partial charge is 0.222 e. The number of imidazole rings is 1. The molecule has 0 radical (unpaired) electrons. The molecule has 1 aromatic heterocycles.